The van der Waals surface area contributed by atoms with E-state index >= 15 is 0 Å². The summed E-state index contributed by atoms with van der Waals surface area (Å²) in [6.07, 6.45) is 4.93. The molecule has 0 bridgehead atoms. The molecule has 1 saturated heterocycles. The molecule has 1 aromatic heterocycles. The van der Waals surface area contributed by atoms with Crippen LogP contribution in [0, 0.1) is 5.92 Å². The van der Waals surface area contributed by atoms with Crippen molar-refractivity contribution in [3.63, 3.8) is 0 Å². The summed E-state index contributed by atoms with van der Waals surface area (Å²) in [6.45, 7) is 1.87. The van der Waals surface area contributed by atoms with E-state index < -0.39 is 0 Å². The van der Waals surface area contributed by atoms with Crippen LogP contribution in [0.3, 0.4) is 0 Å². The van der Waals surface area contributed by atoms with Crippen LogP contribution in [-0.4, -0.2) is 29.0 Å². The third-order valence-corrected chi connectivity index (χ3v) is 4.48. The first-order valence-electron chi connectivity index (χ1n) is 7.19. The maximum absolute atomic E-state index is 11.0. The van der Waals surface area contributed by atoms with Crippen molar-refractivity contribution >= 4 is 27.7 Å². The zero-order valence-electron chi connectivity index (χ0n) is 11.4. The van der Waals surface area contributed by atoms with Gasteiger partial charge in [-0.2, -0.15) is 0 Å². The molecule has 0 atom stereocenters. The monoisotopic (exact) mass is 338 g/mol. The molecule has 6 heteroatoms. The van der Waals surface area contributed by atoms with Gasteiger partial charge in [0, 0.05) is 31.5 Å². The minimum Gasteiger partial charge on any atom is -0.370 e. The first kappa shape index (κ1) is 13.8. The fraction of sp³-hybridized carbons (Fsp3) is 0.643. The molecule has 1 amide bonds. The molecule has 2 heterocycles. The Balaban J connectivity index is 1.67. The van der Waals surface area contributed by atoms with Crippen molar-refractivity contribution in [2.75, 3.05) is 18.0 Å². The first-order valence-corrected chi connectivity index (χ1v) is 7.99. The predicted octanol–water partition coefficient (Wildman–Crippen LogP) is 2.21. The van der Waals surface area contributed by atoms with Gasteiger partial charge in [0.05, 0.1) is 0 Å². The fourth-order valence-corrected chi connectivity index (χ4v) is 3.15. The van der Waals surface area contributed by atoms with E-state index in [1.54, 1.807) is 0 Å². The lowest BCUT2D eigenvalue weighted by Crippen LogP contribution is -2.35. The van der Waals surface area contributed by atoms with Gasteiger partial charge in [-0.15, -0.1) is 0 Å². The summed E-state index contributed by atoms with van der Waals surface area (Å²) >= 11 is 3.48. The molecule has 1 saturated carbocycles. The molecule has 1 aromatic rings. The quantitative estimate of drug-likeness (QED) is 0.854. The lowest BCUT2D eigenvalue weighted by Gasteiger charge is -2.32. The van der Waals surface area contributed by atoms with Gasteiger partial charge >= 0.3 is 0 Å². The van der Waals surface area contributed by atoms with E-state index in [1.807, 2.05) is 6.07 Å². The van der Waals surface area contributed by atoms with Crippen molar-refractivity contribution in [3.8, 4) is 0 Å². The van der Waals surface area contributed by atoms with Crippen LogP contribution in [-0.2, 0) is 4.79 Å². The number of amides is 1. The summed E-state index contributed by atoms with van der Waals surface area (Å²) in [5.41, 5.74) is 5.27. The SMILES string of the molecule is NC(=O)CC1CCN(c2cc(Br)nc(C3CC3)n2)CC1. The predicted molar refractivity (Wildman–Crippen MR) is 80.5 cm³/mol. The second kappa shape index (κ2) is 5.68. The highest BCUT2D eigenvalue weighted by molar-refractivity contribution is 9.10. The number of primary amides is 1. The minimum absolute atomic E-state index is 0.191. The van der Waals surface area contributed by atoms with E-state index in [0.717, 1.165) is 42.2 Å². The number of nitrogens with two attached hydrogens (primary N) is 1. The van der Waals surface area contributed by atoms with Crippen LogP contribution in [0.5, 0.6) is 0 Å². The zero-order valence-corrected chi connectivity index (χ0v) is 13.0. The third-order valence-electron chi connectivity index (χ3n) is 4.07. The number of hydrogen-bond acceptors (Lipinski definition) is 4. The number of rotatable bonds is 4. The minimum atomic E-state index is -0.191. The molecule has 0 spiro atoms. The van der Waals surface area contributed by atoms with E-state index in [-0.39, 0.29) is 5.91 Å². The molecule has 0 unspecified atom stereocenters. The molecule has 0 aromatic carbocycles. The smallest absolute Gasteiger partial charge is 0.217 e. The number of carbonyl (C=O) groups is 1. The number of piperidine rings is 1. The first-order chi connectivity index (χ1) is 9.61. The van der Waals surface area contributed by atoms with Gasteiger partial charge < -0.3 is 10.6 Å². The molecule has 2 fully saturated rings. The van der Waals surface area contributed by atoms with Crippen LogP contribution in [0.15, 0.2) is 10.7 Å². The van der Waals surface area contributed by atoms with Crippen LogP contribution in [0.4, 0.5) is 5.82 Å². The molecular formula is C14H19BrN4O. The second-order valence-corrected chi connectivity index (χ2v) is 6.59. The Kier molecular flexibility index (Phi) is 3.92. The van der Waals surface area contributed by atoms with Crippen molar-refractivity contribution in [3.05, 3.63) is 16.5 Å². The standard InChI is InChI=1S/C14H19BrN4O/c15-11-8-13(18-14(17-11)10-1-2-10)19-5-3-9(4-6-19)7-12(16)20/h8-10H,1-7H2,(H2,16,20). The number of aromatic nitrogens is 2. The lowest BCUT2D eigenvalue weighted by molar-refractivity contribution is -0.119. The maximum atomic E-state index is 11.0. The molecule has 1 aliphatic heterocycles. The van der Waals surface area contributed by atoms with E-state index in [1.165, 1.54) is 12.8 Å². The molecule has 5 nitrogen and oxygen atoms in total. The molecule has 2 aliphatic rings. The van der Waals surface area contributed by atoms with Crippen molar-refractivity contribution < 1.29 is 4.79 Å². The highest BCUT2D eigenvalue weighted by atomic mass is 79.9. The Hall–Kier alpha value is -1.17. The van der Waals surface area contributed by atoms with E-state index in [0.29, 0.717) is 18.3 Å². The van der Waals surface area contributed by atoms with Crippen LogP contribution >= 0.6 is 15.9 Å². The Morgan fingerprint density at radius 1 is 1.30 bits per heavy atom. The van der Waals surface area contributed by atoms with E-state index in [9.17, 15) is 4.79 Å². The number of anilines is 1. The summed E-state index contributed by atoms with van der Waals surface area (Å²) in [4.78, 5) is 22.4. The second-order valence-electron chi connectivity index (χ2n) is 5.78. The Morgan fingerprint density at radius 2 is 2.00 bits per heavy atom. The van der Waals surface area contributed by atoms with Crippen molar-refractivity contribution in [2.24, 2.45) is 11.7 Å². The molecule has 1 aliphatic carbocycles. The van der Waals surface area contributed by atoms with Gasteiger partial charge in [0.2, 0.25) is 5.91 Å². The van der Waals surface area contributed by atoms with Gasteiger partial charge in [-0.25, -0.2) is 9.97 Å². The van der Waals surface area contributed by atoms with Crippen LogP contribution < -0.4 is 10.6 Å². The summed E-state index contributed by atoms with van der Waals surface area (Å²) in [5.74, 6) is 2.76. The number of hydrogen-bond donors (Lipinski definition) is 1. The maximum Gasteiger partial charge on any atom is 0.217 e. The average molecular weight is 339 g/mol. The zero-order chi connectivity index (χ0) is 14.1. The van der Waals surface area contributed by atoms with Gasteiger partial charge in [0.1, 0.15) is 16.2 Å². The van der Waals surface area contributed by atoms with Gasteiger partial charge in [-0.05, 0) is 47.5 Å². The number of nitrogens with zero attached hydrogens (tertiary/aromatic N) is 3. The van der Waals surface area contributed by atoms with E-state index in [4.69, 9.17) is 10.7 Å². The number of halogens is 1. The summed E-state index contributed by atoms with van der Waals surface area (Å²) in [5, 5.41) is 0. The van der Waals surface area contributed by atoms with Crippen LogP contribution in [0.2, 0.25) is 0 Å². The third kappa shape index (κ3) is 3.29. The normalized spacial score (nSPS) is 20.1. The van der Waals surface area contributed by atoms with Gasteiger partial charge in [0.25, 0.3) is 0 Å². The highest BCUT2D eigenvalue weighted by Crippen LogP contribution is 2.39. The van der Waals surface area contributed by atoms with Crippen LogP contribution in [0.25, 0.3) is 0 Å². The topological polar surface area (TPSA) is 72.1 Å². The molecule has 108 valence electrons. The summed E-state index contributed by atoms with van der Waals surface area (Å²) in [7, 11) is 0. The van der Waals surface area contributed by atoms with Crippen molar-refractivity contribution in [1.82, 2.24) is 9.97 Å². The van der Waals surface area contributed by atoms with Gasteiger partial charge in [0.15, 0.2) is 0 Å². The summed E-state index contributed by atoms with van der Waals surface area (Å²) < 4.78 is 0.864. The Labute approximate surface area is 127 Å². The van der Waals surface area contributed by atoms with E-state index in [2.05, 4.69) is 25.8 Å². The fourth-order valence-electron chi connectivity index (χ4n) is 2.76. The summed E-state index contributed by atoms with van der Waals surface area (Å²) in [6, 6.07) is 1.99. The molecule has 3 rings (SSSR count). The highest BCUT2D eigenvalue weighted by Gasteiger charge is 2.28. The Morgan fingerprint density at radius 3 is 2.60 bits per heavy atom. The van der Waals surface area contributed by atoms with Gasteiger partial charge in [-0.1, -0.05) is 0 Å². The number of carbonyl (C=O) groups excluding carboxylic acids is 1. The van der Waals surface area contributed by atoms with Crippen molar-refractivity contribution in [2.45, 2.75) is 38.0 Å². The van der Waals surface area contributed by atoms with Crippen LogP contribution in [0.1, 0.15) is 43.8 Å². The molecule has 2 N–H and O–H groups in total. The lowest BCUT2D eigenvalue weighted by atomic mass is 9.93. The van der Waals surface area contributed by atoms with Crippen molar-refractivity contribution in [1.29, 1.82) is 0 Å². The molecular weight excluding hydrogens is 320 g/mol. The average Bonchev–Trinajstić information content (AvgIpc) is 3.22. The molecule has 20 heavy (non-hydrogen) atoms. The largest absolute Gasteiger partial charge is 0.370 e. The Bertz CT molecular complexity index is 510. The molecule has 0 radical (unpaired) electrons. The van der Waals surface area contributed by atoms with Gasteiger partial charge in [-0.3, -0.25) is 4.79 Å².